The van der Waals surface area contributed by atoms with Crippen LogP contribution in [0.25, 0.3) is 6.08 Å². The molecule has 0 bridgehead atoms. The van der Waals surface area contributed by atoms with E-state index in [9.17, 15) is 4.79 Å². The molecule has 2 heterocycles. The normalized spacial score (nSPS) is 14.1. The number of aryl methyl sites for hydroxylation is 1. The molecule has 0 unspecified atom stereocenters. The van der Waals surface area contributed by atoms with Gasteiger partial charge in [0.1, 0.15) is 0 Å². The number of pyridine rings is 1. The van der Waals surface area contributed by atoms with Crippen LogP contribution in [0.2, 0.25) is 0 Å². The summed E-state index contributed by atoms with van der Waals surface area (Å²) in [6.45, 7) is 3.13. The van der Waals surface area contributed by atoms with E-state index in [0.29, 0.717) is 18.3 Å². The maximum atomic E-state index is 11.8. The molecule has 0 atom stereocenters. The summed E-state index contributed by atoms with van der Waals surface area (Å²) in [5, 5.41) is 5.73. The Bertz CT molecular complexity index is 690. The molecular formula is C17H19N3O2S. The predicted octanol–water partition coefficient (Wildman–Crippen LogP) is 2.96. The Hall–Kier alpha value is -2.21. The van der Waals surface area contributed by atoms with Crippen molar-refractivity contribution in [2.45, 2.75) is 26.3 Å². The summed E-state index contributed by atoms with van der Waals surface area (Å²) in [5.74, 6) is 1.21. The number of hydrogen-bond donors (Lipinski definition) is 1. The zero-order chi connectivity index (χ0) is 16.1. The number of rotatable bonds is 7. The monoisotopic (exact) mass is 329 g/mol. The lowest BCUT2D eigenvalue weighted by molar-refractivity contribution is -0.116. The molecule has 23 heavy (non-hydrogen) atoms. The minimum atomic E-state index is -0.148. The Kier molecular flexibility index (Phi) is 5.02. The van der Waals surface area contributed by atoms with Gasteiger partial charge < -0.3 is 10.1 Å². The van der Waals surface area contributed by atoms with Gasteiger partial charge in [0, 0.05) is 30.3 Å². The lowest BCUT2D eigenvalue weighted by Gasteiger charge is -2.05. The molecule has 0 aromatic carbocycles. The Balaban J connectivity index is 1.43. The fraction of sp³-hybridized carbons (Fsp3) is 0.353. The van der Waals surface area contributed by atoms with Crippen LogP contribution in [0.5, 0.6) is 5.88 Å². The highest BCUT2D eigenvalue weighted by atomic mass is 32.1. The second-order valence-corrected chi connectivity index (χ2v) is 6.66. The summed E-state index contributed by atoms with van der Waals surface area (Å²) in [5.41, 5.74) is 1.75. The molecule has 5 nitrogen and oxygen atoms in total. The molecule has 120 valence electrons. The Morgan fingerprint density at radius 1 is 1.48 bits per heavy atom. The van der Waals surface area contributed by atoms with Crippen LogP contribution in [0.4, 0.5) is 0 Å². The SMILES string of the molecule is Cc1nc(/C=C/C(=O)NCc2ccc(OCC3CC3)nc2)cs1. The van der Waals surface area contributed by atoms with Gasteiger partial charge in [-0.15, -0.1) is 11.3 Å². The average molecular weight is 329 g/mol. The molecule has 1 N–H and O–H groups in total. The summed E-state index contributed by atoms with van der Waals surface area (Å²) < 4.78 is 5.58. The Labute approximate surface area is 139 Å². The van der Waals surface area contributed by atoms with Crippen molar-refractivity contribution in [3.8, 4) is 5.88 Å². The largest absolute Gasteiger partial charge is 0.477 e. The number of carbonyl (C=O) groups excluding carboxylic acids is 1. The fourth-order valence-electron chi connectivity index (χ4n) is 1.95. The maximum absolute atomic E-state index is 11.8. The van der Waals surface area contributed by atoms with E-state index in [0.717, 1.165) is 22.9 Å². The van der Waals surface area contributed by atoms with E-state index >= 15 is 0 Å². The van der Waals surface area contributed by atoms with E-state index < -0.39 is 0 Å². The second kappa shape index (κ2) is 7.37. The van der Waals surface area contributed by atoms with Crippen LogP contribution in [-0.2, 0) is 11.3 Å². The Morgan fingerprint density at radius 2 is 2.35 bits per heavy atom. The second-order valence-electron chi connectivity index (χ2n) is 5.60. The molecule has 2 aromatic rings. The lowest BCUT2D eigenvalue weighted by Crippen LogP contribution is -2.20. The molecule has 2 aromatic heterocycles. The third-order valence-electron chi connectivity index (χ3n) is 3.47. The number of carbonyl (C=O) groups is 1. The fourth-order valence-corrected chi connectivity index (χ4v) is 2.54. The third kappa shape index (κ3) is 5.17. The summed E-state index contributed by atoms with van der Waals surface area (Å²) in [6, 6.07) is 3.76. The van der Waals surface area contributed by atoms with Gasteiger partial charge in [0.15, 0.2) is 0 Å². The van der Waals surface area contributed by atoms with Crippen LogP contribution in [-0.4, -0.2) is 22.5 Å². The van der Waals surface area contributed by atoms with E-state index in [1.807, 2.05) is 24.4 Å². The molecule has 1 aliphatic rings. The number of nitrogens with zero attached hydrogens (tertiary/aromatic N) is 2. The van der Waals surface area contributed by atoms with Crippen molar-refractivity contribution in [1.29, 1.82) is 0 Å². The zero-order valence-electron chi connectivity index (χ0n) is 13.0. The van der Waals surface area contributed by atoms with Gasteiger partial charge in [0.25, 0.3) is 0 Å². The number of nitrogens with one attached hydrogen (secondary N) is 1. The number of hydrogen-bond acceptors (Lipinski definition) is 5. The quantitative estimate of drug-likeness (QED) is 0.793. The number of amides is 1. The first-order valence-corrected chi connectivity index (χ1v) is 8.53. The van der Waals surface area contributed by atoms with Gasteiger partial charge in [-0.1, -0.05) is 6.07 Å². The smallest absolute Gasteiger partial charge is 0.244 e. The molecule has 0 spiro atoms. The van der Waals surface area contributed by atoms with E-state index in [2.05, 4.69) is 15.3 Å². The molecule has 3 rings (SSSR count). The van der Waals surface area contributed by atoms with Gasteiger partial charge in [-0.3, -0.25) is 4.79 Å². The van der Waals surface area contributed by atoms with Crippen molar-refractivity contribution in [2.75, 3.05) is 6.61 Å². The van der Waals surface area contributed by atoms with E-state index in [1.54, 1.807) is 23.6 Å². The summed E-state index contributed by atoms with van der Waals surface area (Å²) in [4.78, 5) is 20.3. The lowest BCUT2D eigenvalue weighted by atomic mass is 10.3. The summed E-state index contributed by atoms with van der Waals surface area (Å²) in [7, 11) is 0. The number of ether oxygens (including phenoxy) is 1. The molecule has 0 radical (unpaired) electrons. The van der Waals surface area contributed by atoms with Gasteiger partial charge in [-0.2, -0.15) is 0 Å². The third-order valence-corrected chi connectivity index (χ3v) is 4.26. The molecular weight excluding hydrogens is 310 g/mol. The van der Waals surface area contributed by atoms with Gasteiger partial charge in [0.2, 0.25) is 11.8 Å². The molecule has 0 saturated heterocycles. The van der Waals surface area contributed by atoms with Gasteiger partial charge >= 0.3 is 0 Å². The topological polar surface area (TPSA) is 64.1 Å². The highest BCUT2D eigenvalue weighted by molar-refractivity contribution is 7.09. The first-order chi connectivity index (χ1) is 11.2. The highest BCUT2D eigenvalue weighted by Crippen LogP contribution is 2.29. The van der Waals surface area contributed by atoms with Crippen molar-refractivity contribution < 1.29 is 9.53 Å². The van der Waals surface area contributed by atoms with E-state index in [-0.39, 0.29) is 5.91 Å². The van der Waals surface area contributed by atoms with Gasteiger partial charge in [-0.25, -0.2) is 9.97 Å². The maximum Gasteiger partial charge on any atom is 0.244 e. The van der Waals surface area contributed by atoms with Crippen molar-refractivity contribution in [3.05, 3.63) is 46.1 Å². The number of aromatic nitrogens is 2. The standard InChI is InChI=1S/C17H19N3O2S/c1-12-20-15(11-23-12)5-6-16(21)18-8-14-4-7-17(19-9-14)22-10-13-2-3-13/h4-7,9,11,13H,2-3,8,10H2,1H3,(H,18,21)/b6-5+. The minimum absolute atomic E-state index is 0.148. The predicted molar refractivity (Wildman–Crippen MR) is 90.2 cm³/mol. The van der Waals surface area contributed by atoms with Crippen molar-refractivity contribution in [1.82, 2.24) is 15.3 Å². The first kappa shape index (κ1) is 15.7. The van der Waals surface area contributed by atoms with Gasteiger partial charge in [-0.05, 0) is 37.3 Å². The van der Waals surface area contributed by atoms with E-state index in [1.165, 1.54) is 18.9 Å². The van der Waals surface area contributed by atoms with Crippen LogP contribution in [0.1, 0.15) is 29.1 Å². The van der Waals surface area contributed by atoms with Crippen LogP contribution in [0, 0.1) is 12.8 Å². The molecule has 6 heteroatoms. The summed E-state index contributed by atoms with van der Waals surface area (Å²) in [6.07, 6.45) is 7.47. The average Bonchev–Trinajstić information content (AvgIpc) is 3.30. The molecule has 1 aliphatic carbocycles. The van der Waals surface area contributed by atoms with Crippen LogP contribution >= 0.6 is 11.3 Å². The molecule has 1 amide bonds. The first-order valence-electron chi connectivity index (χ1n) is 7.65. The van der Waals surface area contributed by atoms with Crippen molar-refractivity contribution in [3.63, 3.8) is 0 Å². The molecule has 1 fully saturated rings. The summed E-state index contributed by atoms with van der Waals surface area (Å²) >= 11 is 1.56. The molecule has 1 saturated carbocycles. The van der Waals surface area contributed by atoms with Crippen LogP contribution < -0.4 is 10.1 Å². The highest BCUT2D eigenvalue weighted by Gasteiger charge is 2.21. The molecule has 0 aliphatic heterocycles. The van der Waals surface area contributed by atoms with Crippen molar-refractivity contribution in [2.24, 2.45) is 5.92 Å². The van der Waals surface area contributed by atoms with Crippen molar-refractivity contribution >= 4 is 23.3 Å². The van der Waals surface area contributed by atoms with Crippen LogP contribution in [0.15, 0.2) is 29.8 Å². The Morgan fingerprint density at radius 3 is 3.00 bits per heavy atom. The van der Waals surface area contributed by atoms with Crippen LogP contribution in [0.3, 0.4) is 0 Å². The van der Waals surface area contributed by atoms with E-state index in [4.69, 9.17) is 4.74 Å². The zero-order valence-corrected chi connectivity index (χ0v) is 13.8. The minimum Gasteiger partial charge on any atom is -0.477 e. The van der Waals surface area contributed by atoms with Gasteiger partial charge in [0.05, 0.1) is 17.3 Å². The number of thiazole rings is 1.